The minimum atomic E-state index is -0.523. The maximum absolute atomic E-state index is 13.4. The van der Waals surface area contributed by atoms with E-state index in [-0.39, 0.29) is 29.3 Å². The number of hydrogen-bond acceptors (Lipinski definition) is 6. The van der Waals surface area contributed by atoms with Gasteiger partial charge in [0, 0.05) is 13.1 Å². The van der Waals surface area contributed by atoms with Crippen LogP contribution in [0.3, 0.4) is 0 Å². The van der Waals surface area contributed by atoms with E-state index >= 15 is 0 Å². The van der Waals surface area contributed by atoms with Crippen molar-refractivity contribution in [3.8, 4) is 11.5 Å². The van der Waals surface area contributed by atoms with Crippen LogP contribution in [0.4, 0.5) is 10.5 Å². The smallest absolute Gasteiger partial charge is 0.410 e. The molecule has 5 rings (SSSR count). The summed E-state index contributed by atoms with van der Waals surface area (Å²) >= 11 is 5.32. The summed E-state index contributed by atoms with van der Waals surface area (Å²) in [5, 5.41) is 2.65. The number of para-hydroxylation sites is 1. The second-order valence-electron chi connectivity index (χ2n) is 9.66. The highest BCUT2D eigenvalue weighted by molar-refractivity contribution is 7.80. The van der Waals surface area contributed by atoms with Crippen molar-refractivity contribution in [1.29, 1.82) is 0 Å². The Hall–Kier alpha value is -4.50. The van der Waals surface area contributed by atoms with Gasteiger partial charge < -0.3 is 14.4 Å². The van der Waals surface area contributed by atoms with Crippen molar-refractivity contribution in [3.63, 3.8) is 0 Å². The van der Waals surface area contributed by atoms with Crippen LogP contribution >= 0.6 is 12.2 Å². The fourth-order valence-corrected chi connectivity index (χ4v) is 5.03. The van der Waals surface area contributed by atoms with E-state index < -0.39 is 11.8 Å². The predicted molar refractivity (Wildman–Crippen MR) is 155 cm³/mol. The van der Waals surface area contributed by atoms with Crippen molar-refractivity contribution in [2.45, 2.75) is 25.9 Å². The predicted octanol–water partition coefficient (Wildman–Crippen LogP) is 5.59. The van der Waals surface area contributed by atoms with Crippen molar-refractivity contribution in [2.24, 2.45) is 5.92 Å². The molecule has 2 fully saturated rings. The number of rotatable bonds is 7. The Balaban J connectivity index is 1.21. The molecule has 2 heterocycles. The lowest BCUT2D eigenvalue weighted by molar-refractivity contribution is -0.122. The zero-order valence-corrected chi connectivity index (χ0v) is 22.6. The molecule has 2 aliphatic rings. The Kier molecular flexibility index (Phi) is 8.51. The molecule has 3 aromatic carbocycles. The molecular weight excluding hydrogens is 526 g/mol. The average molecular weight is 556 g/mol. The molecule has 2 saturated heterocycles. The number of ether oxygens (including phenoxy) is 2. The van der Waals surface area contributed by atoms with Gasteiger partial charge in [0.2, 0.25) is 0 Å². The third-order valence-electron chi connectivity index (χ3n) is 6.81. The number of anilines is 1. The molecule has 3 amide bonds. The number of carbonyl (C=O) groups is 3. The molecule has 0 saturated carbocycles. The number of thiocarbonyl (C=S) groups is 1. The molecule has 9 heteroatoms. The third-order valence-corrected chi connectivity index (χ3v) is 7.10. The van der Waals surface area contributed by atoms with Crippen LogP contribution in [0.5, 0.6) is 11.5 Å². The SMILES string of the molecule is O=C1NC(=S)N(c2ccc(Oc3ccccc3)cc2)C(=O)/C1=C\CC1CCCN(C(=O)OCc2ccccc2)C1. The van der Waals surface area contributed by atoms with E-state index in [2.05, 4.69) is 5.32 Å². The van der Waals surface area contributed by atoms with E-state index in [1.807, 2.05) is 60.7 Å². The van der Waals surface area contributed by atoms with Crippen molar-refractivity contribution >= 4 is 40.9 Å². The molecule has 2 aliphatic heterocycles. The van der Waals surface area contributed by atoms with Crippen LogP contribution in [0.1, 0.15) is 24.8 Å². The van der Waals surface area contributed by atoms with Crippen molar-refractivity contribution in [3.05, 3.63) is 102 Å². The van der Waals surface area contributed by atoms with Gasteiger partial charge in [-0.15, -0.1) is 0 Å². The van der Waals surface area contributed by atoms with E-state index in [4.69, 9.17) is 21.7 Å². The van der Waals surface area contributed by atoms with Gasteiger partial charge in [-0.05, 0) is 79.4 Å². The lowest BCUT2D eigenvalue weighted by Crippen LogP contribution is -2.54. The van der Waals surface area contributed by atoms with Gasteiger partial charge in [0.05, 0.1) is 5.69 Å². The number of nitrogens with zero attached hydrogens (tertiary/aromatic N) is 2. The van der Waals surface area contributed by atoms with Crippen LogP contribution in [0, 0.1) is 5.92 Å². The zero-order chi connectivity index (χ0) is 27.9. The molecule has 1 N–H and O–H groups in total. The minimum Gasteiger partial charge on any atom is -0.457 e. The monoisotopic (exact) mass is 555 g/mol. The highest BCUT2D eigenvalue weighted by atomic mass is 32.1. The van der Waals surface area contributed by atoms with Crippen LogP contribution < -0.4 is 15.0 Å². The normalized spacial score (nSPS) is 18.4. The largest absolute Gasteiger partial charge is 0.457 e. The Morgan fingerprint density at radius 2 is 1.62 bits per heavy atom. The number of benzene rings is 3. The van der Waals surface area contributed by atoms with Gasteiger partial charge in [0.1, 0.15) is 23.7 Å². The molecule has 1 unspecified atom stereocenters. The summed E-state index contributed by atoms with van der Waals surface area (Å²) in [4.78, 5) is 41.7. The number of carbonyl (C=O) groups excluding carboxylic acids is 3. The Morgan fingerprint density at radius 3 is 2.35 bits per heavy atom. The van der Waals surface area contributed by atoms with Crippen LogP contribution in [0.2, 0.25) is 0 Å². The summed E-state index contributed by atoms with van der Waals surface area (Å²) in [6.07, 6.45) is 3.48. The Labute approximate surface area is 238 Å². The van der Waals surface area contributed by atoms with Gasteiger partial charge in [-0.2, -0.15) is 0 Å². The fraction of sp³-hybridized carbons (Fsp3) is 0.226. The van der Waals surface area contributed by atoms with E-state index in [9.17, 15) is 14.4 Å². The number of amides is 3. The van der Waals surface area contributed by atoms with Crippen LogP contribution in [-0.2, 0) is 20.9 Å². The summed E-state index contributed by atoms with van der Waals surface area (Å²) in [5.74, 6) is 0.394. The van der Waals surface area contributed by atoms with E-state index in [0.29, 0.717) is 36.7 Å². The summed E-state index contributed by atoms with van der Waals surface area (Å²) in [5.41, 5.74) is 1.48. The molecule has 8 nitrogen and oxygen atoms in total. The standard InChI is InChI=1S/C31H29N3O5S/c35-28-27(18-13-22-10-7-19-33(20-22)31(37)38-21-23-8-3-1-4-9-23)29(36)34(30(40)32-28)24-14-16-26(17-15-24)39-25-11-5-2-6-12-25/h1-6,8-9,11-12,14-18,22H,7,10,13,19-21H2,(H,32,35,40)/b27-18-. The van der Waals surface area contributed by atoms with Crippen LogP contribution in [-0.4, -0.2) is 41.0 Å². The quantitative estimate of drug-likeness (QED) is 0.232. The molecule has 3 aromatic rings. The van der Waals surface area contributed by atoms with Crippen LogP contribution in [0.25, 0.3) is 0 Å². The maximum Gasteiger partial charge on any atom is 0.410 e. The molecular formula is C31H29N3O5S. The number of allylic oxidation sites excluding steroid dienone is 1. The molecule has 40 heavy (non-hydrogen) atoms. The van der Waals surface area contributed by atoms with Crippen molar-refractivity contribution < 1.29 is 23.9 Å². The molecule has 0 aromatic heterocycles. The van der Waals surface area contributed by atoms with E-state index in [1.54, 1.807) is 35.2 Å². The van der Waals surface area contributed by atoms with Gasteiger partial charge in [-0.1, -0.05) is 54.6 Å². The summed E-state index contributed by atoms with van der Waals surface area (Å²) in [6.45, 7) is 1.33. The number of hydrogen-bond donors (Lipinski definition) is 1. The van der Waals surface area contributed by atoms with Gasteiger partial charge in [0.25, 0.3) is 11.8 Å². The molecule has 0 radical (unpaired) electrons. The first-order valence-corrected chi connectivity index (χ1v) is 13.6. The number of likely N-dealkylation sites (tertiary alicyclic amines) is 1. The third kappa shape index (κ3) is 6.55. The molecule has 0 aliphatic carbocycles. The maximum atomic E-state index is 13.4. The minimum absolute atomic E-state index is 0.0221. The number of nitrogens with one attached hydrogen (secondary N) is 1. The summed E-state index contributed by atoms with van der Waals surface area (Å²) < 4.78 is 11.3. The summed E-state index contributed by atoms with van der Waals surface area (Å²) in [6, 6.07) is 25.8. The van der Waals surface area contributed by atoms with Gasteiger partial charge in [-0.3, -0.25) is 19.8 Å². The first-order chi connectivity index (χ1) is 19.5. The topological polar surface area (TPSA) is 88.2 Å². The fourth-order valence-electron chi connectivity index (χ4n) is 4.75. The van der Waals surface area contributed by atoms with E-state index in [0.717, 1.165) is 18.4 Å². The van der Waals surface area contributed by atoms with Crippen LogP contribution in [0.15, 0.2) is 96.6 Å². The zero-order valence-electron chi connectivity index (χ0n) is 21.8. The highest BCUT2D eigenvalue weighted by Crippen LogP contribution is 2.28. The lowest BCUT2D eigenvalue weighted by atomic mass is 9.93. The molecule has 0 bridgehead atoms. The molecule has 0 spiro atoms. The Morgan fingerprint density at radius 1 is 0.950 bits per heavy atom. The van der Waals surface area contributed by atoms with Gasteiger partial charge in [-0.25, -0.2) is 4.79 Å². The van der Waals surface area contributed by atoms with Crippen molar-refractivity contribution in [2.75, 3.05) is 18.0 Å². The Bertz CT molecular complexity index is 1410. The first-order valence-electron chi connectivity index (χ1n) is 13.2. The molecule has 204 valence electrons. The molecule has 1 atom stereocenters. The second-order valence-corrected chi connectivity index (χ2v) is 10.0. The van der Waals surface area contributed by atoms with Gasteiger partial charge >= 0.3 is 6.09 Å². The second kappa shape index (κ2) is 12.6. The average Bonchev–Trinajstić information content (AvgIpc) is 2.98. The van der Waals surface area contributed by atoms with E-state index in [1.165, 1.54) is 4.90 Å². The van der Waals surface area contributed by atoms with Gasteiger partial charge in [0.15, 0.2) is 5.11 Å². The first kappa shape index (κ1) is 27.1. The number of piperidine rings is 1. The lowest BCUT2D eigenvalue weighted by Gasteiger charge is -2.32. The summed E-state index contributed by atoms with van der Waals surface area (Å²) in [7, 11) is 0. The highest BCUT2D eigenvalue weighted by Gasteiger charge is 2.35. The van der Waals surface area contributed by atoms with Crippen molar-refractivity contribution in [1.82, 2.24) is 10.2 Å².